The normalized spacial score (nSPS) is 24.3. The number of piperazine rings is 1. The fourth-order valence-electron chi connectivity index (χ4n) is 3.16. The van der Waals surface area contributed by atoms with E-state index in [4.69, 9.17) is 17.3 Å². The average Bonchev–Trinajstić information content (AvgIpc) is 2.47. The minimum atomic E-state index is 0.470. The predicted octanol–water partition coefficient (Wildman–Crippen LogP) is 1.87. The van der Waals surface area contributed by atoms with Gasteiger partial charge >= 0.3 is 0 Å². The van der Waals surface area contributed by atoms with Gasteiger partial charge in [0.2, 0.25) is 0 Å². The summed E-state index contributed by atoms with van der Waals surface area (Å²) in [7, 11) is 0. The fraction of sp³-hybridized carbons (Fsp3) is 0.643. The number of piperidine rings is 1. The second-order valence-electron chi connectivity index (χ2n) is 5.47. The van der Waals surface area contributed by atoms with Crippen molar-refractivity contribution in [2.75, 3.05) is 31.1 Å². The second-order valence-corrected chi connectivity index (χ2v) is 5.88. The molecule has 19 heavy (non-hydrogen) atoms. The molecule has 0 aliphatic carbocycles. The molecule has 0 saturated carbocycles. The standard InChI is InChI=1S/C14H21ClN4/c15-13-9-17-14(7-11(13)8-16)19-6-5-18-4-2-1-3-12(18)10-19/h7,9,12H,1-6,8,10,16H2. The molecular weight excluding hydrogens is 260 g/mol. The molecule has 2 saturated heterocycles. The van der Waals surface area contributed by atoms with Gasteiger partial charge in [0.25, 0.3) is 0 Å². The SMILES string of the molecule is NCc1cc(N2CCN3CCCCC3C2)ncc1Cl. The Morgan fingerprint density at radius 1 is 1.32 bits per heavy atom. The summed E-state index contributed by atoms with van der Waals surface area (Å²) < 4.78 is 0. The molecule has 0 radical (unpaired) electrons. The molecule has 1 atom stereocenters. The summed E-state index contributed by atoms with van der Waals surface area (Å²) in [5.74, 6) is 1.02. The van der Waals surface area contributed by atoms with Crippen LogP contribution < -0.4 is 10.6 Å². The lowest BCUT2D eigenvalue weighted by Gasteiger charge is -2.44. The van der Waals surface area contributed by atoms with Crippen LogP contribution in [0.2, 0.25) is 5.02 Å². The summed E-state index contributed by atoms with van der Waals surface area (Å²) >= 11 is 6.08. The van der Waals surface area contributed by atoms with Gasteiger partial charge in [0, 0.05) is 38.4 Å². The lowest BCUT2D eigenvalue weighted by atomic mass is 9.99. The number of aromatic nitrogens is 1. The van der Waals surface area contributed by atoms with Gasteiger partial charge in [0.1, 0.15) is 5.82 Å². The van der Waals surface area contributed by atoms with E-state index in [2.05, 4.69) is 14.8 Å². The van der Waals surface area contributed by atoms with E-state index in [-0.39, 0.29) is 0 Å². The zero-order chi connectivity index (χ0) is 13.2. The van der Waals surface area contributed by atoms with E-state index in [9.17, 15) is 0 Å². The van der Waals surface area contributed by atoms with Crippen LogP contribution in [0.25, 0.3) is 0 Å². The van der Waals surface area contributed by atoms with Crippen molar-refractivity contribution >= 4 is 17.4 Å². The molecular formula is C14H21ClN4. The first kappa shape index (κ1) is 13.2. The van der Waals surface area contributed by atoms with Crippen molar-refractivity contribution in [1.29, 1.82) is 0 Å². The van der Waals surface area contributed by atoms with Crippen LogP contribution >= 0.6 is 11.6 Å². The van der Waals surface area contributed by atoms with Gasteiger partial charge in [-0.3, -0.25) is 4.90 Å². The second kappa shape index (κ2) is 5.65. The van der Waals surface area contributed by atoms with Crippen molar-refractivity contribution in [2.45, 2.75) is 31.8 Å². The summed E-state index contributed by atoms with van der Waals surface area (Å²) in [5.41, 5.74) is 6.70. The van der Waals surface area contributed by atoms with Gasteiger partial charge in [0.05, 0.1) is 5.02 Å². The zero-order valence-corrected chi connectivity index (χ0v) is 11.9. The molecule has 3 heterocycles. The van der Waals surface area contributed by atoms with Crippen molar-refractivity contribution in [1.82, 2.24) is 9.88 Å². The van der Waals surface area contributed by atoms with Crippen LogP contribution in [0.1, 0.15) is 24.8 Å². The van der Waals surface area contributed by atoms with E-state index in [1.54, 1.807) is 6.20 Å². The monoisotopic (exact) mass is 280 g/mol. The van der Waals surface area contributed by atoms with E-state index in [1.165, 1.54) is 25.8 Å². The first-order valence-corrected chi connectivity index (χ1v) is 7.49. The van der Waals surface area contributed by atoms with E-state index in [1.807, 2.05) is 6.07 Å². The average molecular weight is 281 g/mol. The highest BCUT2D eigenvalue weighted by atomic mass is 35.5. The largest absolute Gasteiger partial charge is 0.354 e. The highest BCUT2D eigenvalue weighted by Crippen LogP contribution is 2.26. The van der Waals surface area contributed by atoms with Gasteiger partial charge in [0.15, 0.2) is 0 Å². The molecule has 0 aromatic carbocycles. The Balaban J connectivity index is 1.75. The molecule has 0 spiro atoms. The molecule has 1 aromatic rings. The van der Waals surface area contributed by atoms with Crippen molar-refractivity contribution in [3.05, 3.63) is 22.8 Å². The Morgan fingerprint density at radius 2 is 2.21 bits per heavy atom. The number of nitrogens with zero attached hydrogens (tertiary/aromatic N) is 3. The van der Waals surface area contributed by atoms with Crippen molar-refractivity contribution < 1.29 is 0 Å². The summed E-state index contributed by atoms with van der Waals surface area (Å²) in [4.78, 5) is 9.47. The van der Waals surface area contributed by atoms with Crippen molar-refractivity contribution in [3.63, 3.8) is 0 Å². The predicted molar refractivity (Wildman–Crippen MR) is 78.6 cm³/mol. The first-order chi connectivity index (χ1) is 9.28. The molecule has 104 valence electrons. The highest BCUT2D eigenvalue weighted by molar-refractivity contribution is 6.31. The Kier molecular flexibility index (Phi) is 3.91. The Morgan fingerprint density at radius 3 is 3.05 bits per heavy atom. The number of anilines is 1. The Bertz CT molecular complexity index is 451. The number of halogens is 1. The molecule has 5 heteroatoms. The first-order valence-electron chi connectivity index (χ1n) is 7.11. The third-order valence-electron chi connectivity index (χ3n) is 4.30. The number of pyridine rings is 1. The summed E-state index contributed by atoms with van der Waals surface area (Å²) in [6, 6.07) is 2.74. The topological polar surface area (TPSA) is 45.4 Å². The summed E-state index contributed by atoms with van der Waals surface area (Å²) in [5, 5.41) is 0.669. The van der Waals surface area contributed by atoms with E-state index >= 15 is 0 Å². The smallest absolute Gasteiger partial charge is 0.129 e. The molecule has 2 aliphatic rings. The maximum Gasteiger partial charge on any atom is 0.129 e. The van der Waals surface area contributed by atoms with Crippen LogP contribution in [0.3, 0.4) is 0 Å². The van der Waals surface area contributed by atoms with Crippen LogP contribution in [0.4, 0.5) is 5.82 Å². The summed E-state index contributed by atoms with van der Waals surface area (Å²) in [6.45, 7) is 5.01. The third-order valence-corrected chi connectivity index (χ3v) is 4.64. The van der Waals surface area contributed by atoms with Crippen LogP contribution in [0.15, 0.2) is 12.3 Å². The Labute approximate surface area is 119 Å². The molecule has 2 fully saturated rings. The minimum Gasteiger partial charge on any atom is -0.354 e. The van der Waals surface area contributed by atoms with Gasteiger partial charge in [-0.1, -0.05) is 18.0 Å². The quantitative estimate of drug-likeness (QED) is 0.898. The van der Waals surface area contributed by atoms with Crippen LogP contribution in [0.5, 0.6) is 0 Å². The van der Waals surface area contributed by atoms with Gasteiger partial charge in [-0.05, 0) is 31.0 Å². The molecule has 2 N–H and O–H groups in total. The number of rotatable bonds is 2. The fourth-order valence-corrected chi connectivity index (χ4v) is 3.34. The zero-order valence-electron chi connectivity index (χ0n) is 11.2. The van der Waals surface area contributed by atoms with Gasteiger partial charge < -0.3 is 10.6 Å². The molecule has 0 amide bonds. The van der Waals surface area contributed by atoms with Crippen molar-refractivity contribution in [3.8, 4) is 0 Å². The van der Waals surface area contributed by atoms with Crippen LogP contribution in [-0.2, 0) is 6.54 Å². The van der Waals surface area contributed by atoms with Crippen LogP contribution in [-0.4, -0.2) is 42.1 Å². The van der Waals surface area contributed by atoms with E-state index < -0.39 is 0 Å². The summed E-state index contributed by atoms with van der Waals surface area (Å²) in [6.07, 6.45) is 5.75. The van der Waals surface area contributed by atoms with Crippen molar-refractivity contribution in [2.24, 2.45) is 5.73 Å². The minimum absolute atomic E-state index is 0.470. The molecule has 1 unspecified atom stereocenters. The van der Waals surface area contributed by atoms with E-state index in [0.717, 1.165) is 31.0 Å². The van der Waals surface area contributed by atoms with Gasteiger partial charge in [-0.25, -0.2) is 4.98 Å². The molecule has 2 aliphatic heterocycles. The maximum absolute atomic E-state index is 6.08. The van der Waals surface area contributed by atoms with Gasteiger partial charge in [-0.15, -0.1) is 0 Å². The lowest BCUT2D eigenvalue weighted by molar-refractivity contribution is 0.133. The Hall–Kier alpha value is -0.840. The van der Waals surface area contributed by atoms with E-state index in [0.29, 0.717) is 17.6 Å². The molecule has 0 bridgehead atoms. The number of fused-ring (bicyclic) bond motifs is 1. The lowest BCUT2D eigenvalue weighted by Crippen LogP contribution is -2.55. The number of hydrogen-bond acceptors (Lipinski definition) is 4. The number of hydrogen-bond donors (Lipinski definition) is 1. The highest BCUT2D eigenvalue weighted by Gasteiger charge is 2.29. The molecule has 1 aromatic heterocycles. The maximum atomic E-state index is 6.08. The molecule has 3 rings (SSSR count). The molecule has 4 nitrogen and oxygen atoms in total. The third kappa shape index (κ3) is 2.71. The van der Waals surface area contributed by atoms with Crippen LogP contribution in [0, 0.1) is 0 Å². The number of nitrogens with two attached hydrogens (primary N) is 1. The van der Waals surface area contributed by atoms with Gasteiger partial charge in [-0.2, -0.15) is 0 Å².